The number of benzene rings is 1. The highest BCUT2D eigenvalue weighted by molar-refractivity contribution is 5.16. The van der Waals surface area contributed by atoms with Crippen molar-refractivity contribution in [3.63, 3.8) is 0 Å². The van der Waals surface area contributed by atoms with Crippen molar-refractivity contribution >= 4 is 0 Å². The molecule has 0 radical (unpaired) electrons. The molecule has 1 aromatic rings. The minimum absolute atomic E-state index is 0.324. The van der Waals surface area contributed by atoms with Crippen LogP contribution in [0, 0.1) is 5.92 Å². The van der Waals surface area contributed by atoms with Crippen LogP contribution in [0.2, 0.25) is 0 Å². The maximum atomic E-state index is 9.31. The lowest BCUT2D eigenvalue weighted by Gasteiger charge is -2.15. The van der Waals surface area contributed by atoms with E-state index in [9.17, 15) is 5.11 Å². The minimum Gasteiger partial charge on any atom is -0.366 e. The molecule has 0 aliphatic carbocycles. The van der Waals surface area contributed by atoms with Gasteiger partial charge in [-0.3, -0.25) is 0 Å². The Morgan fingerprint density at radius 3 is 2.50 bits per heavy atom. The Balaban J connectivity index is 1.99. The van der Waals surface area contributed by atoms with Crippen LogP contribution in [-0.4, -0.2) is 17.0 Å². The van der Waals surface area contributed by atoms with Gasteiger partial charge < -0.3 is 9.84 Å². The van der Waals surface area contributed by atoms with Crippen LogP contribution in [0.4, 0.5) is 0 Å². The molecular formula is C12H16O2. The maximum absolute atomic E-state index is 9.31. The van der Waals surface area contributed by atoms with Crippen molar-refractivity contribution in [2.75, 3.05) is 0 Å². The van der Waals surface area contributed by atoms with Crippen LogP contribution in [0.3, 0.4) is 0 Å². The number of hydrogen-bond acceptors (Lipinski definition) is 2. The number of epoxide rings is 1. The summed E-state index contributed by atoms with van der Waals surface area (Å²) in [4.78, 5) is 0. The quantitative estimate of drug-likeness (QED) is 0.743. The van der Waals surface area contributed by atoms with Crippen LogP contribution >= 0.6 is 0 Å². The summed E-state index contributed by atoms with van der Waals surface area (Å²) in [6.07, 6.45) is 0.384. The third kappa shape index (κ3) is 1.68. The van der Waals surface area contributed by atoms with Crippen LogP contribution < -0.4 is 0 Å². The van der Waals surface area contributed by atoms with Crippen molar-refractivity contribution in [2.24, 2.45) is 5.92 Å². The molecule has 1 aromatic carbocycles. The molecule has 0 saturated carbocycles. The fourth-order valence-corrected chi connectivity index (χ4v) is 1.74. The standard InChI is InChI=1S/C12H16O2/c1-9(12(2)11(13)14-12)8-10-6-4-3-5-7-10/h3-7,9,11,13H,8H2,1-2H3. The summed E-state index contributed by atoms with van der Waals surface area (Å²) in [7, 11) is 0. The monoisotopic (exact) mass is 192 g/mol. The van der Waals surface area contributed by atoms with Crippen molar-refractivity contribution in [1.29, 1.82) is 0 Å². The molecule has 0 aromatic heterocycles. The van der Waals surface area contributed by atoms with E-state index < -0.39 is 6.29 Å². The molecule has 1 aliphatic heterocycles. The van der Waals surface area contributed by atoms with E-state index in [2.05, 4.69) is 19.1 Å². The van der Waals surface area contributed by atoms with Gasteiger partial charge in [0, 0.05) is 0 Å². The lowest BCUT2D eigenvalue weighted by molar-refractivity contribution is 0.153. The van der Waals surface area contributed by atoms with Crippen molar-refractivity contribution in [1.82, 2.24) is 0 Å². The fourth-order valence-electron chi connectivity index (χ4n) is 1.74. The van der Waals surface area contributed by atoms with E-state index in [0.717, 1.165) is 6.42 Å². The molecule has 3 unspecified atom stereocenters. The van der Waals surface area contributed by atoms with Gasteiger partial charge in [-0.25, -0.2) is 0 Å². The summed E-state index contributed by atoms with van der Waals surface area (Å²) in [5.41, 5.74) is 0.972. The first-order valence-corrected chi connectivity index (χ1v) is 5.03. The Kier molecular flexibility index (Phi) is 2.33. The SMILES string of the molecule is CC(Cc1ccccc1)C1(C)OC1O. The van der Waals surface area contributed by atoms with Crippen LogP contribution in [0.1, 0.15) is 19.4 Å². The van der Waals surface area contributed by atoms with E-state index in [4.69, 9.17) is 4.74 Å². The molecule has 0 amide bonds. The van der Waals surface area contributed by atoms with Crippen LogP contribution in [-0.2, 0) is 11.2 Å². The van der Waals surface area contributed by atoms with Gasteiger partial charge >= 0.3 is 0 Å². The molecule has 0 spiro atoms. The normalized spacial score (nSPS) is 32.6. The smallest absolute Gasteiger partial charge is 0.185 e. The highest BCUT2D eigenvalue weighted by Crippen LogP contribution is 2.42. The van der Waals surface area contributed by atoms with E-state index >= 15 is 0 Å². The molecule has 2 nitrogen and oxygen atoms in total. The van der Waals surface area contributed by atoms with Crippen molar-refractivity contribution in [2.45, 2.75) is 32.2 Å². The number of aliphatic hydroxyl groups excluding tert-OH is 1. The van der Waals surface area contributed by atoms with E-state index in [1.165, 1.54) is 5.56 Å². The predicted octanol–water partition coefficient (Wildman–Crippen LogP) is 1.97. The molecule has 14 heavy (non-hydrogen) atoms. The first-order chi connectivity index (χ1) is 6.63. The largest absolute Gasteiger partial charge is 0.366 e. The van der Waals surface area contributed by atoms with E-state index in [1.54, 1.807) is 0 Å². The van der Waals surface area contributed by atoms with Crippen molar-refractivity contribution in [3.8, 4) is 0 Å². The van der Waals surface area contributed by atoms with Gasteiger partial charge in [0.05, 0.1) is 0 Å². The maximum Gasteiger partial charge on any atom is 0.185 e. The summed E-state index contributed by atoms with van der Waals surface area (Å²) < 4.78 is 5.19. The third-order valence-electron chi connectivity index (χ3n) is 3.16. The molecule has 2 heteroatoms. The third-order valence-corrected chi connectivity index (χ3v) is 3.16. The molecule has 2 rings (SSSR count). The zero-order valence-corrected chi connectivity index (χ0v) is 8.60. The van der Waals surface area contributed by atoms with Crippen LogP contribution in [0.5, 0.6) is 0 Å². The summed E-state index contributed by atoms with van der Waals surface area (Å²) in [5.74, 6) is 0.347. The zero-order valence-electron chi connectivity index (χ0n) is 8.60. The Hall–Kier alpha value is -0.860. The molecule has 1 saturated heterocycles. The van der Waals surface area contributed by atoms with Gasteiger partial charge in [-0.15, -0.1) is 0 Å². The van der Waals surface area contributed by atoms with Gasteiger partial charge in [0.2, 0.25) is 0 Å². The van der Waals surface area contributed by atoms with E-state index in [0.29, 0.717) is 5.92 Å². The number of rotatable bonds is 3. The average Bonchev–Trinajstić information content (AvgIpc) is 2.78. The van der Waals surface area contributed by atoms with Gasteiger partial charge in [0.25, 0.3) is 0 Å². The fraction of sp³-hybridized carbons (Fsp3) is 0.500. The molecule has 1 N–H and O–H groups in total. The number of ether oxygens (including phenoxy) is 1. The topological polar surface area (TPSA) is 32.8 Å². The molecule has 76 valence electrons. The van der Waals surface area contributed by atoms with Gasteiger partial charge in [-0.2, -0.15) is 0 Å². The lowest BCUT2D eigenvalue weighted by Crippen LogP contribution is -2.22. The molecule has 1 aliphatic rings. The van der Waals surface area contributed by atoms with Gasteiger partial charge in [-0.1, -0.05) is 37.3 Å². The molecule has 0 bridgehead atoms. The van der Waals surface area contributed by atoms with Gasteiger partial charge in [0.1, 0.15) is 5.60 Å². The first kappa shape index (κ1) is 9.69. The van der Waals surface area contributed by atoms with E-state index in [-0.39, 0.29) is 5.60 Å². The lowest BCUT2D eigenvalue weighted by atomic mass is 9.89. The van der Waals surface area contributed by atoms with Crippen molar-refractivity contribution < 1.29 is 9.84 Å². The Morgan fingerprint density at radius 2 is 2.00 bits per heavy atom. The van der Waals surface area contributed by atoms with Crippen LogP contribution in [0.15, 0.2) is 30.3 Å². The molecule has 1 fully saturated rings. The van der Waals surface area contributed by atoms with Gasteiger partial charge in [-0.05, 0) is 24.8 Å². The van der Waals surface area contributed by atoms with Gasteiger partial charge in [0.15, 0.2) is 6.29 Å². The summed E-state index contributed by atoms with van der Waals surface area (Å²) >= 11 is 0. The molecule has 1 heterocycles. The minimum atomic E-state index is -0.568. The van der Waals surface area contributed by atoms with Crippen molar-refractivity contribution in [3.05, 3.63) is 35.9 Å². The average molecular weight is 192 g/mol. The second kappa shape index (κ2) is 3.37. The Bertz CT molecular complexity index is 309. The number of hydrogen-bond donors (Lipinski definition) is 1. The zero-order chi connectivity index (χ0) is 10.2. The highest BCUT2D eigenvalue weighted by Gasteiger charge is 2.55. The number of aliphatic hydroxyl groups is 1. The second-order valence-corrected chi connectivity index (χ2v) is 4.24. The summed E-state index contributed by atoms with van der Waals surface area (Å²) in [6, 6.07) is 10.3. The molecular weight excluding hydrogens is 176 g/mol. The van der Waals surface area contributed by atoms with E-state index in [1.807, 2.05) is 25.1 Å². The first-order valence-electron chi connectivity index (χ1n) is 5.03. The summed E-state index contributed by atoms with van der Waals surface area (Å²) in [6.45, 7) is 4.08. The Labute approximate surface area is 84.5 Å². The molecule has 3 atom stereocenters. The second-order valence-electron chi connectivity index (χ2n) is 4.24. The summed E-state index contributed by atoms with van der Waals surface area (Å²) in [5, 5.41) is 9.31. The van der Waals surface area contributed by atoms with Crippen LogP contribution in [0.25, 0.3) is 0 Å². The predicted molar refractivity (Wildman–Crippen MR) is 54.8 cm³/mol. The highest BCUT2D eigenvalue weighted by atomic mass is 16.7. The Morgan fingerprint density at radius 1 is 1.43 bits per heavy atom.